The lowest BCUT2D eigenvalue weighted by molar-refractivity contribution is -0.119. The largest absolute Gasteiger partial charge is 0.299 e. The van der Waals surface area contributed by atoms with Gasteiger partial charge in [0.1, 0.15) is 5.78 Å². The monoisotopic (exact) mass is 272 g/mol. The molecule has 0 amide bonds. The van der Waals surface area contributed by atoms with E-state index in [9.17, 15) is 13.6 Å². The Kier molecular flexibility index (Phi) is 3.35. The third-order valence-electron chi connectivity index (χ3n) is 3.79. The van der Waals surface area contributed by atoms with Gasteiger partial charge in [0.25, 0.3) is 0 Å². The number of Topliss-reactive ketones (excluding diaryl/α,β-unsaturated/α-hetero) is 1. The van der Waals surface area contributed by atoms with Crippen molar-refractivity contribution in [3.8, 4) is 0 Å². The summed E-state index contributed by atoms with van der Waals surface area (Å²) in [6, 6.07) is 13.6. The molecule has 102 valence electrons. The van der Waals surface area contributed by atoms with Crippen LogP contribution in [0.1, 0.15) is 23.5 Å². The smallest absolute Gasteiger partial charge is 0.159 e. The van der Waals surface area contributed by atoms with Crippen molar-refractivity contribution in [1.29, 1.82) is 0 Å². The average Bonchev–Trinajstić information content (AvgIpc) is 3.24. The van der Waals surface area contributed by atoms with Crippen LogP contribution in [-0.2, 0) is 11.2 Å². The molecule has 0 spiro atoms. The summed E-state index contributed by atoms with van der Waals surface area (Å²) in [5.41, 5.74) is 1.71. The minimum Gasteiger partial charge on any atom is -0.299 e. The van der Waals surface area contributed by atoms with E-state index >= 15 is 0 Å². The molecule has 1 aliphatic carbocycles. The lowest BCUT2D eigenvalue weighted by Gasteiger charge is -2.02. The Bertz CT molecular complexity index is 637. The summed E-state index contributed by atoms with van der Waals surface area (Å²) in [7, 11) is 0. The fourth-order valence-corrected chi connectivity index (χ4v) is 2.60. The fraction of sp³-hybridized carbons (Fsp3) is 0.235. The topological polar surface area (TPSA) is 17.1 Å². The predicted octanol–water partition coefficient (Wildman–Crippen LogP) is 3.88. The van der Waals surface area contributed by atoms with Crippen LogP contribution in [0.25, 0.3) is 0 Å². The van der Waals surface area contributed by atoms with Gasteiger partial charge in [0.15, 0.2) is 11.6 Å². The Morgan fingerprint density at radius 2 is 1.80 bits per heavy atom. The van der Waals surface area contributed by atoms with Gasteiger partial charge in [0, 0.05) is 12.3 Å². The summed E-state index contributed by atoms with van der Waals surface area (Å²) in [6.07, 6.45) is 1.03. The van der Waals surface area contributed by atoms with Gasteiger partial charge in [0.2, 0.25) is 0 Å². The highest BCUT2D eigenvalue weighted by atomic mass is 19.2. The zero-order chi connectivity index (χ0) is 14.1. The maximum absolute atomic E-state index is 13.1. The van der Waals surface area contributed by atoms with Crippen LogP contribution in [0.5, 0.6) is 0 Å². The van der Waals surface area contributed by atoms with Crippen molar-refractivity contribution in [2.45, 2.75) is 18.8 Å². The number of halogens is 2. The van der Waals surface area contributed by atoms with Gasteiger partial charge in [-0.1, -0.05) is 36.4 Å². The number of rotatable bonds is 4. The molecule has 2 aromatic rings. The molecule has 0 N–H and O–H groups in total. The van der Waals surface area contributed by atoms with Gasteiger partial charge in [-0.05, 0) is 35.6 Å². The molecule has 0 radical (unpaired) electrons. The summed E-state index contributed by atoms with van der Waals surface area (Å²) in [5, 5.41) is 0. The second kappa shape index (κ2) is 5.16. The molecule has 0 heterocycles. The molecule has 20 heavy (non-hydrogen) atoms. The molecular weight excluding hydrogens is 258 g/mol. The van der Waals surface area contributed by atoms with Crippen molar-refractivity contribution in [3.05, 3.63) is 71.3 Å². The highest BCUT2D eigenvalue weighted by molar-refractivity contribution is 5.86. The summed E-state index contributed by atoms with van der Waals surface area (Å²) >= 11 is 0. The van der Waals surface area contributed by atoms with Gasteiger partial charge >= 0.3 is 0 Å². The highest BCUT2D eigenvalue weighted by Crippen LogP contribution is 2.48. The van der Waals surface area contributed by atoms with Crippen LogP contribution in [0, 0.1) is 17.6 Å². The van der Waals surface area contributed by atoms with E-state index in [1.54, 1.807) is 0 Å². The van der Waals surface area contributed by atoms with Crippen LogP contribution in [0.15, 0.2) is 48.5 Å². The van der Waals surface area contributed by atoms with Crippen LogP contribution in [0.3, 0.4) is 0 Å². The second-order valence-corrected chi connectivity index (χ2v) is 5.25. The number of hydrogen-bond acceptors (Lipinski definition) is 1. The first-order chi connectivity index (χ1) is 9.65. The minimum absolute atomic E-state index is 0.0190. The summed E-state index contributed by atoms with van der Waals surface area (Å²) in [5.74, 6) is -1.37. The summed E-state index contributed by atoms with van der Waals surface area (Å²) in [6.45, 7) is 0. The molecule has 1 nitrogen and oxygen atoms in total. The number of carbonyl (C=O) groups is 1. The van der Waals surface area contributed by atoms with Gasteiger partial charge < -0.3 is 0 Å². The van der Waals surface area contributed by atoms with E-state index in [-0.39, 0.29) is 24.0 Å². The van der Waals surface area contributed by atoms with Gasteiger partial charge in [-0.3, -0.25) is 4.79 Å². The second-order valence-electron chi connectivity index (χ2n) is 5.25. The maximum atomic E-state index is 13.1. The molecule has 0 aliphatic heterocycles. The van der Waals surface area contributed by atoms with E-state index in [1.807, 2.05) is 30.3 Å². The van der Waals surface area contributed by atoms with E-state index in [0.717, 1.165) is 18.6 Å². The summed E-state index contributed by atoms with van der Waals surface area (Å²) in [4.78, 5) is 12.1. The molecule has 2 aromatic carbocycles. The molecule has 3 heteroatoms. The number of carbonyl (C=O) groups excluding carboxylic acids is 1. The average molecular weight is 272 g/mol. The van der Waals surface area contributed by atoms with Gasteiger partial charge in [-0.15, -0.1) is 0 Å². The third kappa shape index (κ3) is 2.62. The quantitative estimate of drug-likeness (QED) is 0.825. The molecule has 3 rings (SSSR count). The van der Waals surface area contributed by atoms with Gasteiger partial charge in [-0.2, -0.15) is 0 Å². The van der Waals surface area contributed by atoms with Crippen molar-refractivity contribution in [3.63, 3.8) is 0 Å². The molecule has 0 saturated heterocycles. The van der Waals surface area contributed by atoms with E-state index < -0.39 is 11.6 Å². The van der Waals surface area contributed by atoms with E-state index in [0.29, 0.717) is 5.56 Å². The standard InChI is InChI=1S/C17H14F2O/c18-15-7-6-11(8-16(15)19)9-17(20)14-10-13(14)12-4-2-1-3-5-12/h1-8,13-14H,9-10H2. The van der Waals surface area contributed by atoms with E-state index in [1.165, 1.54) is 11.6 Å². The van der Waals surface area contributed by atoms with Crippen molar-refractivity contribution in [2.75, 3.05) is 0 Å². The normalized spacial score (nSPS) is 20.7. The maximum Gasteiger partial charge on any atom is 0.159 e. The SMILES string of the molecule is O=C(Cc1ccc(F)c(F)c1)C1CC1c1ccccc1. The Morgan fingerprint density at radius 3 is 2.50 bits per heavy atom. The summed E-state index contributed by atoms with van der Waals surface area (Å²) < 4.78 is 25.9. The molecule has 1 saturated carbocycles. The molecule has 0 bridgehead atoms. The molecule has 1 aliphatic rings. The van der Waals surface area contributed by atoms with Crippen molar-refractivity contribution in [1.82, 2.24) is 0 Å². The van der Waals surface area contributed by atoms with Crippen molar-refractivity contribution in [2.24, 2.45) is 5.92 Å². The Balaban J connectivity index is 1.65. The Morgan fingerprint density at radius 1 is 1.05 bits per heavy atom. The minimum atomic E-state index is -0.897. The van der Waals surface area contributed by atoms with Crippen LogP contribution in [0.2, 0.25) is 0 Å². The first-order valence-corrected chi connectivity index (χ1v) is 6.67. The van der Waals surface area contributed by atoms with E-state index in [2.05, 4.69) is 0 Å². The lowest BCUT2D eigenvalue weighted by atomic mass is 10.0. The Labute approximate surface area is 116 Å². The molecule has 2 unspecified atom stereocenters. The zero-order valence-electron chi connectivity index (χ0n) is 10.9. The fourth-order valence-electron chi connectivity index (χ4n) is 2.60. The molecule has 2 atom stereocenters. The van der Waals surface area contributed by atoms with Crippen LogP contribution >= 0.6 is 0 Å². The number of hydrogen-bond donors (Lipinski definition) is 0. The third-order valence-corrected chi connectivity index (χ3v) is 3.79. The van der Waals surface area contributed by atoms with Gasteiger partial charge in [0.05, 0.1) is 0 Å². The zero-order valence-corrected chi connectivity index (χ0v) is 10.9. The first-order valence-electron chi connectivity index (χ1n) is 6.67. The highest BCUT2D eigenvalue weighted by Gasteiger charge is 2.43. The van der Waals surface area contributed by atoms with Gasteiger partial charge in [-0.25, -0.2) is 8.78 Å². The first kappa shape index (κ1) is 13.0. The van der Waals surface area contributed by atoms with Crippen molar-refractivity contribution < 1.29 is 13.6 Å². The van der Waals surface area contributed by atoms with Crippen LogP contribution in [0.4, 0.5) is 8.78 Å². The molecule has 0 aromatic heterocycles. The Hall–Kier alpha value is -2.03. The number of ketones is 1. The molecule has 1 fully saturated rings. The van der Waals surface area contributed by atoms with Crippen molar-refractivity contribution >= 4 is 5.78 Å². The van der Waals surface area contributed by atoms with Crippen LogP contribution in [-0.4, -0.2) is 5.78 Å². The number of benzene rings is 2. The predicted molar refractivity (Wildman–Crippen MR) is 72.4 cm³/mol. The lowest BCUT2D eigenvalue weighted by Crippen LogP contribution is -2.07. The molecular formula is C17H14F2O. The van der Waals surface area contributed by atoms with Crippen LogP contribution < -0.4 is 0 Å². The van der Waals surface area contributed by atoms with E-state index in [4.69, 9.17) is 0 Å².